The minimum Gasteiger partial charge on any atom is -0.387 e. The van der Waals surface area contributed by atoms with Crippen LogP contribution in [0.4, 0.5) is 5.69 Å². The maximum Gasteiger partial charge on any atom is 0.316 e. The van der Waals surface area contributed by atoms with Gasteiger partial charge in [0.1, 0.15) is 0 Å². The van der Waals surface area contributed by atoms with Crippen molar-refractivity contribution in [3.8, 4) is 0 Å². The van der Waals surface area contributed by atoms with Crippen molar-refractivity contribution in [3.05, 3.63) is 52.2 Å². The van der Waals surface area contributed by atoms with Gasteiger partial charge in [-0.15, -0.1) is 0 Å². The minimum atomic E-state index is -0.803. The molecule has 0 spiro atoms. The first-order valence-electron chi connectivity index (χ1n) is 7.46. The third-order valence-corrected chi connectivity index (χ3v) is 4.74. The molecular weight excluding hydrogens is 312 g/mol. The van der Waals surface area contributed by atoms with Crippen LogP contribution >= 0.6 is 11.3 Å². The summed E-state index contributed by atoms with van der Waals surface area (Å²) in [5, 5.41) is 16.2. The molecule has 2 aromatic rings. The number of rotatable bonds is 3. The van der Waals surface area contributed by atoms with Crippen LogP contribution in [0.15, 0.2) is 41.1 Å². The van der Waals surface area contributed by atoms with E-state index in [1.807, 2.05) is 41.9 Å². The van der Waals surface area contributed by atoms with E-state index in [4.69, 9.17) is 0 Å². The molecule has 0 saturated carbocycles. The highest BCUT2D eigenvalue weighted by Crippen LogP contribution is 2.35. The van der Waals surface area contributed by atoms with Gasteiger partial charge in [-0.25, -0.2) is 0 Å². The molecule has 0 fully saturated rings. The molecule has 5 nitrogen and oxygen atoms in total. The van der Waals surface area contributed by atoms with Gasteiger partial charge in [-0.1, -0.05) is 25.1 Å². The zero-order chi connectivity index (χ0) is 16.4. The van der Waals surface area contributed by atoms with E-state index in [0.29, 0.717) is 6.54 Å². The first-order chi connectivity index (χ1) is 11.1. The predicted octanol–water partition coefficient (Wildman–Crippen LogP) is 2.05. The highest BCUT2D eigenvalue weighted by atomic mass is 32.1. The molecule has 1 aliphatic rings. The van der Waals surface area contributed by atoms with Crippen LogP contribution in [0.1, 0.15) is 30.1 Å². The number of anilines is 1. The Kier molecular flexibility index (Phi) is 4.45. The monoisotopic (exact) mass is 330 g/mol. The van der Waals surface area contributed by atoms with Gasteiger partial charge >= 0.3 is 11.8 Å². The van der Waals surface area contributed by atoms with Crippen LogP contribution in [0.25, 0.3) is 0 Å². The van der Waals surface area contributed by atoms with Crippen molar-refractivity contribution in [3.63, 3.8) is 0 Å². The minimum absolute atomic E-state index is 0.0202. The van der Waals surface area contributed by atoms with Crippen molar-refractivity contribution in [1.29, 1.82) is 0 Å². The van der Waals surface area contributed by atoms with Crippen molar-refractivity contribution in [2.75, 3.05) is 18.0 Å². The molecular formula is C17H18N2O3S. The van der Waals surface area contributed by atoms with Crippen molar-refractivity contribution in [2.45, 2.75) is 18.9 Å². The van der Waals surface area contributed by atoms with Crippen molar-refractivity contribution in [1.82, 2.24) is 5.32 Å². The van der Waals surface area contributed by atoms with Crippen LogP contribution in [-0.4, -0.2) is 30.0 Å². The molecule has 2 unspecified atom stereocenters. The van der Waals surface area contributed by atoms with E-state index >= 15 is 0 Å². The summed E-state index contributed by atoms with van der Waals surface area (Å²) in [4.78, 5) is 26.0. The highest BCUT2D eigenvalue weighted by molar-refractivity contribution is 7.07. The third kappa shape index (κ3) is 3.13. The lowest BCUT2D eigenvalue weighted by Gasteiger charge is -2.17. The van der Waals surface area contributed by atoms with E-state index in [9.17, 15) is 14.7 Å². The fraction of sp³-hybridized carbons (Fsp3) is 0.294. The Bertz CT molecular complexity index is 714. The fourth-order valence-corrected chi connectivity index (χ4v) is 3.49. The van der Waals surface area contributed by atoms with Gasteiger partial charge in [0.2, 0.25) is 0 Å². The lowest BCUT2D eigenvalue weighted by molar-refractivity contribution is -0.137. The smallest absolute Gasteiger partial charge is 0.316 e. The van der Waals surface area contributed by atoms with Crippen LogP contribution in [0.3, 0.4) is 0 Å². The summed E-state index contributed by atoms with van der Waals surface area (Å²) in [5.74, 6) is -1.07. The van der Waals surface area contributed by atoms with Crippen molar-refractivity contribution in [2.24, 2.45) is 0 Å². The normalized spacial score (nSPS) is 17.7. The quantitative estimate of drug-likeness (QED) is 0.846. The lowest BCUT2D eigenvalue weighted by atomic mass is 10.0. The van der Waals surface area contributed by atoms with E-state index in [-0.39, 0.29) is 12.5 Å². The molecule has 3 rings (SSSR count). The van der Waals surface area contributed by atoms with Gasteiger partial charge in [-0.3, -0.25) is 9.59 Å². The molecule has 1 aromatic heterocycles. The molecule has 0 saturated heterocycles. The van der Waals surface area contributed by atoms with Gasteiger partial charge in [0, 0.05) is 24.7 Å². The number of hydrogen-bond donors (Lipinski definition) is 2. The number of fused-ring (bicyclic) bond motifs is 1. The summed E-state index contributed by atoms with van der Waals surface area (Å²) in [6.07, 6.45) is -0.803. The fourth-order valence-electron chi connectivity index (χ4n) is 2.78. The number of carbonyl (C=O) groups excluding carboxylic acids is 2. The molecule has 0 radical (unpaired) electrons. The molecule has 0 bridgehead atoms. The largest absolute Gasteiger partial charge is 0.387 e. The van der Waals surface area contributed by atoms with Gasteiger partial charge in [0.25, 0.3) is 0 Å². The van der Waals surface area contributed by atoms with Crippen LogP contribution < -0.4 is 10.2 Å². The van der Waals surface area contributed by atoms with Gasteiger partial charge < -0.3 is 15.3 Å². The standard InChI is InChI=1S/C17H18N2O3S/c1-11-9-19(14-5-3-2-4-13(11)14)17(22)16(21)18-8-15(20)12-6-7-23-10-12/h2-7,10-11,15,20H,8-9H2,1H3,(H,18,21). The number of para-hydroxylation sites is 1. The van der Waals surface area contributed by atoms with Crippen molar-refractivity contribution >= 4 is 28.8 Å². The summed E-state index contributed by atoms with van der Waals surface area (Å²) >= 11 is 1.47. The Morgan fingerprint density at radius 2 is 2.17 bits per heavy atom. The number of nitrogens with zero attached hydrogens (tertiary/aromatic N) is 1. The number of nitrogens with one attached hydrogen (secondary N) is 1. The number of thiophene rings is 1. The number of hydrogen-bond acceptors (Lipinski definition) is 4. The molecule has 2 heterocycles. The van der Waals surface area contributed by atoms with Gasteiger partial charge in [0.15, 0.2) is 0 Å². The Balaban J connectivity index is 1.63. The second-order valence-electron chi connectivity index (χ2n) is 5.66. The maximum absolute atomic E-state index is 12.4. The van der Waals surface area contributed by atoms with Crippen LogP contribution in [0.5, 0.6) is 0 Å². The maximum atomic E-state index is 12.4. The molecule has 2 amide bonds. The topological polar surface area (TPSA) is 69.6 Å². The van der Waals surface area contributed by atoms with E-state index in [2.05, 4.69) is 5.32 Å². The summed E-state index contributed by atoms with van der Waals surface area (Å²) in [7, 11) is 0. The first kappa shape index (κ1) is 15.7. The number of aliphatic hydroxyl groups is 1. The lowest BCUT2D eigenvalue weighted by Crippen LogP contribution is -2.43. The molecule has 0 aliphatic carbocycles. The van der Waals surface area contributed by atoms with Crippen molar-refractivity contribution < 1.29 is 14.7 Å². The Labute approximate surface area is 138 Å². The third-order valence-electron chi connectivity index (χ3n) is 4.04. The number of amides is 2. The average Bonchev–Trinajstić information content (AvgIpc) is 3.20. The zero-order valence-corrected chi connectivity index (χ0v) is 13.5. The molecule has 23 heavy (non-hydrogen) atoms. The van der Waals surface area contributed by atoms with E-state index in [1.54, 1.807) is 6.07 Å². The Morgan fingerprint density at radius 1 is 1.39 bits per heavy atom. The molecule has 1 aromatic carbocycles. The molecule has 2 N–H and O–H groups in total. The van der Waals surface area contributed by atoms with E-state index in [1.165, 1.54) is 16.2 Å². The average molecular weight is 330 g/mol. The summed E-state index contributed by atoms with van der Waals surface area (Å²) < 4.78 is 0. The highest BCUT2D eigenvalue weighted by Gasteiger charge is 2.32. The van der Waals surface area contributed by atoms with Gasteiger partial charge in [0.05, 0.1) is 6.10 Å². The number of aliphatic hydroxyl groups excluding tert-OH is 1. The molecule has 2 atom stereocenters. The second kappa shape index (κ2) is 6.52. The number of carbonyl (C=O) groups is 2. The Morgan fingerprint density at radius 3 is 2.91 bits per heavy atom. The number of benzene rings is 1. The predicted molar refractivity (Wildman–Crippen MR) is 89.5 cm³/mol. The summed E-state index contributed by atoms with van der Waals surface area (Å²) in [5.41, 5.74) is 2.60. The SMILES string of the molecule is CC1CN(C(=O)C(=O)NCC(O)c2ccsc2)c2ccccc21. The van der Waals surface area contributed by atoms with E-state index < -0.39 is 17.9 Å². The van der Waals surface area contributed by atoms with Gasteiger partial charge in [-0.05, 0) is 34.0 Å². The first-order valence-corrected chi connectivity index (χ1v) is 8.41. The summed E-state index contributed by atoms with van der Waals surface area (Å²) in [6.45, 7) is 2.55. The van der Waals surface area contributed by atoms with Gasteiger partial charge in [-0.2, -0.15) is 11.3 Å². The van der Waals surface area contributed by atoms with Crippen LogP contribution in [0.2, 0.25) is 0 Å². The molecule has 6 heteroatoms. The second-order valence-corrected chi connectivity index (χ2v) is 6.44. The Hall–Kier alpha value is -2.18. The zero-order valence-electron chi connectivity index (χ0n) is 12.7. The van der Waals surface area contributed by atoms with E-state index in [0.717, 1.165) is 16.8 Å². The van der Waals surface area contributed by atoms with Crippen LogP contribution in [-0.2, 0) is 9.59 Å². The van der Waals surface area contributed by atoms with Crippen LogP contribution in [0, 0.1) is 0 Å². The summed E-state index contributed by atoms with van der Waals surface area (Å²) in [6, 6.07) is 9.41. The molecule has 120 valence electrons. The molecule has 1 aliphatic heterocycles.